The zero-order chi connectivity index (χ0) is 22.2. The molecule has 1 saturated heterocycles. The summed E-state index contributed by atoms with van der Waals surface area (Å²) in [5, 5.41) is 16.6. The number of alkyl halides is 3. The van der Waals surface area contributed by atoms with E-state index >= 15 is 0 Å². The summed E-state index contributed by atoms with van der Waals surface area (Å²) in [5.74, 6) is -3.03. The van der Waals surface area contributed by atoms with Crippen LogP contribution in [0.2, 0.25) is 0 Å². The molecule has 0 amide bonds. The van der Waals surface area contributed by atoms with Crippen molar-refractivity contribution < 1.29 is 37.7 Å². The number of rotatable bonds is 6. The lowest BCUT2D eigenvalue weighted by Crippen LogP contribution is -2.54. The molecule has 1 unspecified atom stereocenters. The molecule has 29 heavy (non-hydrogen) atoms. The van der Waals surface area contributed by atoms with Crippen molar-refractivity contribution in [1.82, 2.24) is 9.88 Å². The van der Waals surface area contributed by atoms with Crippen LogP contribution in [0.25, 0.3) is 0 Å². The van der Waals surface area contributed by atoms with E-state index in [0.717, 1.165) is 30.6 Å². The van der Waals surface area contributed by atoms with Gasteiger partial charge in [0.15, 0.2) is 5.60 Å². The fraction of sp³-hybridized carbons (Fsp3) is 0.632. The third-order valence-corrected chi connectivity index (χ3v) is 4.47. The van der Waals surface area contributed by atoms with Gasteiger partial charge in [0.2, 0.25) is 0 Å². The number of methoxy groups -OCH3 is 1. The standard InChI is InChI=1S/C17H26N2O3.C2HF3O2/c1-13(2)9-15-6-5-14(10-18-15)11-19-8-4-7-17(12-19,22-3)16(20)21;3-2(4,5)1(6)7/h5-6,10,13H,4,7-9,11-12H2,1-3H3,(H,20,21);(H,6,7). The molecule has 0 bridgehead atoms. The highest BCUT2D eigenvalue weighted by atomic mass is 19.4. The summed E-state index contributed by atoms with van der Waals surface area (Å²) in [6.45, 7) is 6.39. The van der Waals surface area contributed by atoms with Gasteiger partial charge >= 0.3 is 18.1 Å². The van der Waals surface area contributed by atoms with Crippen LogP contribution in [0.4, 0.5) is 13.2 Å². The highest BCUT2D eigenvalue weighted by molar-refractivity contribution is 5.78. The fourth-order valence-corrected chi connectivity index (χ4v) is 3.02. The zero-order valence-electron chi connectivity index (χ0n) is 16.7. The van der Waals surface area contributed by atoms with Gasteiger partial charge in [-0.2, -0.15) is 13.2 Å². The van der Waals surface area contributed by atoms with Gasteiger partial charge < -0.3 is 14.9 Å². The molecule has 164 valence electrons. The summed E-state index contributed by atoms with van der Waals surface area (Å²) >= 11 is 0. The third-order valence-electron chi connectivity index (χ3n) is 4.47. The molecule has 0 spiro atoms. The van der Waals surface area contributed by atoms with E-state index in [2.05, 4.69) is 35.9 Å². The van der Waals surface area contributed by atoms with E-state index in [4.69, 9.17) is 14.6 Å². The van der Waals surface area contributed by atoms with Gasteiger partial charge in [-0.25, -0.2) is 9.59 Å². The normalized spacial score (nSPS) is 20.1. The smallest absolute Gasteiger partial charge is 0.479 e. The lowest BCUT2D eigenvalue weighted by Gasteiger charge is -2.38. The van der Waals surface area contributed by atoms with Crippen LogP contribution < -0.4 is 0 Å². The van der Waals surface area contributed by atoms with E-state index in [-0.39, 0.29) is 0 Å². The van der Waals surface area contributed by atoms with Crippen LogP contribution in [0.1, 0.15) is 37.9 Å². The molecule has 0 saturated carbocycles. The molecule has 0 aliphatic carbocycles. The van der Waals surface area contributed by atoms with Crippen molar-refractivity contribution in [3.8, 4) is 0 Å². The molecule has 2 heterocycles. The molecule has 1 aromatic heterocycles. The lowest BCUT2D eigenvalue weighted by molar-refractivity contribution is -0.192. The van der Waals surface area contributed by atoms with Crippen molar-refractivity contribution in [2.24, 2.45) is 5.92 Å². The number of likely N-dealkylation sites (tertiary alicyclic amines) is 1. The van der Waals surface area contributed by atoms with Gasteiger partial charge in [0.05, 0.1) is 0 Å². The fourth-order valence-electron chi connectivity index (χ4n) is 3.02. The molecule has 1 aliphatic heterocycles. The first kappa shape index (κ1) is 24.8. The van der Waals surface area contributed by atoms with Gasteiger partial charge in [-0.3, -0.25) is 9.88 Å². The number of carbonyl (C=O) groups is 2. The lowest BCUT2D eigenvalue weighted by atomic mass is 9.92. The minimum absolute atomic E-state index is 0.423. The second-order valence-electron chi connectivity index (χ2n) is 7.38. The second-order valence-corrected chi connectivity index (χ2v) is 7.38. The Morgan fingerprint density at radius 2 is 1.93 bits per heavy atom. The number of nitrogens with zero attached hydrogens (tertiary/aromatic N) is 2. The van der Waals surface area contributed by atoms with Crippen molar-refractivity contribution in [2.75, 3.05) is 20.2 Å². The molecule has 1 aliphatic rings. The van der Waals surface area contributed by atoms with Crippen molar-refractivity contribution in [3.63, 3.8) is 0 Å². The third kappa shape index (κ3) is 7.98. The molecule has 1 fully saturated rings. The Balaban J connectivity index is 0.000000516. The monoisotopic (exact) mass is 420 g/mol. The number of hydrogen-bond donors (Lipinski definition) is 2. The number of aromatic nitrogens is 1. The first-order valence-electron chi connectivity index (χ1n) is 9.14. The maximum Gasteiger partial charge on any atom is 0.490 e. The molecule has 1 atom stereocenters. The minimum atomic E-state index is -5.08. The van der Waals surface area contributed by atoms with Gasteiger partial charge in [0.1, 0.15) is 0 Å². The number of pyridine rings is 1. The summed E-state index contributed by atoms with van der Waals surface area (Å²) in [5.41, 5.74) is 1.16. The zero-order valence-corrected chi connectivity index (χ0v) is 16.7. The highest BCUT2D eigenvalue weighted by Crippen LogP contribution is 2.26. The van der Waals surface area contributed by atoms with Crippen LogP contribution >= 0.6 is 0 Å². The average molecular weight is 420 g/mol. The average Bonchev–Trinajstić information content (AvgIpc) is 2.62. The number of piperidine rings is 1. The van der Waals surface area contributed by atoms with E-state index in [9.17, 15) is 23.1 Å². The minimum Gasteiger partial charge on any atom is -0.479 e. The van der Waals surface area contributed by atoms with Crippen LogP contribution in [0.5, 0.6) is 0 Å². The topological polar surface area (TPSA) is 100.0 Å². The van der Waals surface area contributed by atoms with E-state index in [1.54, 1.807) is 0 Å². The van der Waals surface area contributed by atoms with Gasteiger partial charge in [-0.1, -0.05) is 19.9 Å². The number of carboxylic acid groups (broad SMARTS) is 2. The molecular weight excluding hydrogens is 393 g/mol. The summed E-state index contributed by atoms with van der Waals surface area (Å²) in [6.07, 6.45) is -0.794. The molecule has 0 radical (unpaired) electrons. The Morgan fingerprint density at radius 1 is 1.31 bits per heavy atom. The van der Waals surface area contributed by atoms with E-state index in [1.807, 2.05) is 6.20 Å². The first-order chi connectivity index (χ1) is 13.4. The summed E-state index contributed by atoms with van der Waals surface area (Å²) in [7, 11) is 1.49. The quantitative estimate of drug-likeness (QED) is 0.730. The van der Waals surface area contributed by atoms with E-state index in [1.165, 1.54) is 7.11 Å². The molecule has 2 N–H and O–H groups in total. The van der Waals surface area contributed by atoms with Crippen LogP contribution in [-0.2, 0) is 27.3 Å². The summed E-state index contributed by atoms with van der Waals surface area (Å²) < 4.78 is 37.1. The second kappa shape index (κ2) is 10.5. The van der Waals surface area contributed by atoms with E-state index < -0.39 is 23.7 Å². The van der Waals surface area contributed by atoms with Crippen molar-refractivity contribution >= 4 is 11.9 Å². The SMILES string of the molecule is COC1(C(=O)O)CCCN(Cc2ccc(CC(C)C)nc2)C1.O=C(O)C(F)(F)F. The summed E-state index contributed by atoms with van der Waals surface area (Å²) in [4.78, 5) is 27.0. The predicted molar refractivity (Wildman–Crippen MR) is 98.4 cm³/mol. The van der Waals surface area contributed by atoms with Crippen molar-refractivity contribution in [2.45, 2.75) is 51.4 Å². The van der Waals surface area contributed by atoms with Crippen LogP contribution in [0, 0.1) is 5.92 Å². The van der Waals surface area contributed by atoms with E-state index in [0.29, 0.717) is 25.4 Å². The van der Waals surface area contributed by atoms with Crippen molar-refractivity contribution in [1.29, 1.82) is 0 Å². The molecular formula is C19H27F3N2O5. The predicted octanol–water partition coefficient (Wildman–Crippen LogP) is 2.98. The first-order valence-corrected chi connectivity index (χ1v) is 9.14. The van der Waals surface area contributed by atoms with Crippen molar-refractivity contribution in [3.05, 3.63) is 29.6 Å². The number of halogens is 3. The molecule has 2 rings (SSSR count). The number of ether oxygens (including phenoxy) is 1. The van der Waals surface area contributed by atoms with Gasteiger partial charge in [0, 0.05) is 32.1 Å². The van der Waals surface area contributed by atoms with Gasteiger partial charge in [-0.05, 0) is 43.4 Å². The van der Waals surface area contributed by atoms with Crippen LogP contribution in [-0.4, -0.2) is 64.0 Å². The molecule has 10 heteroatoms. The molecule has 7 nitrogen and oxygen atoms in total. The number of hydrogen-bond acceptors (Lipinski definition) is 5. The number of carboxylic acids is 2. The Morgan fingerprint density at radius 3 is 2.34 bits per heavy atom. The Hall–Kier alpha value is -2.20. The highest BCUT2D eigenvalue weighted by Gasteiger charge is 2.42. The maximum atomic E-state index is 11.5. The number of aliphatic carboxylic acids is 2. The molecule has 0 aromatic carbocycles. The van der Waals surface area contributed by atoms with Crippen LogP contribution in [0.15, 0.2) is 18.3 Å². The largest absolute Gasteiger partial charge is 0.490 e. The van der Waals surface area contributed by atoms with Gasteiger partial charge in [-0.15, -0.1) is 0 Å². The Bertz CT molecular complexity index is 679. The Labute approximate surface area is 167 Å². The maximum absolute atomic E-state index is 11.5. The van der Waals surface area contributed by atoms with Gasteiger partial charge in [0.25, 0.3) is 0 Å². The van der Waals surface area contributed by atoms with Crippen LogP contribution in [0.3, 0.4) is 0 Å². The molecule has 1 aromatic rings. The summed E-state index contributed by atoms with van der Waals surface area (Å²) in [6, 6.07) is 4.16. The Kier molecular flexibility index (Phi) is 9.03.